The zero-order valence-electron chi connectivity index (χ0n) is 15.2. The van der Waals surface area contributed by atoms with Gasteiger partial charge < -0.3 is 9.88 Å². The Kier molecular flexibility index (Phi) is 4.18. The van der Waals surface area contributed by atoms with Gasteiger partial charge in [-0.05, 0) is 47.9 Å². The topological polar surface area (TPSA) is 36.1 Å². The van der Waals surface area contributed by atoms with Crippen LogP contribution in [0.2, 0.25) is 5.02 Å². The lowest BCUT2D eigenvalue weighted by Gasteiger charge is -2.36. The SMILES string of the molecule is O=C(c1ccccc1)N1CCc2c([nH]c3ccccc23)C1c1ccc(Cl)cc1. The molecule has 1 aromatic heterocycles. The summed E-state index contributed by atoms with van der Waals surface area (Å²) in [5.41, 5.74) is 5.27. The van der Waals surface area contributed by atoms with E-state index in [1.165, 1.54) is 10.9 Å². The average molecular weight is 387 g/mol. The lowest BCUT2D eigenvalue weighted by Crippen LogP contribution is -2.40. The van der Waals surface area contributed by atoms with Crippen molar-refractivity contribution >= 4 is 28.4 Å². The van der Waals surface area contributed by atoms with Crippen LogP contribution >= 0.6 is 11.6 Å². The molecule has 1 N–H and O–H groups in total. The van der Waals surface area contributed by atoms with Gasteiger partial charge in [-0.15, -0.1) is 0 Å². The van der Waals surface area contributed by atoms with Crippen LogP contribution in [0.15, 0.2) is 78.9 Å². The highest BCUT2D eigenvalue weighted by Crippen LogP contribution is 2.39. The fourth-order valence-corrected chi connectivity index (χ4v) is 4.32. The zero-order chi connectivity index (χ0) is 19.1. The molecule has 0 fully saturated rings. The Balaban J connectivity index is 1.67. The fourth-order valence-electron chi connectivity index (χ4n) is 4.20. The Morgan fingerprint density at radius 2 is 1.64 bits per heavy atom. The second-order valence-electron chi connectivity index (χ2n) is 7.13. The molecule has 3 aromatic carbocycles. The lowest BCUT2D eigenvalue weighted by atomic mass is 9.91. The number of para-hydroxylation sites is 1. The summed E-state index contributed by atoms with van der Waals surface area (Å²) in [6, 6.07) is 25.5. The first-order valence-corrected chi connectivity index (χ1v) is 9.81. The molecule has 0 radical (unpaired) electrons. The van der Waals surface area contributed by atoms with Gasteiger partial charge in [0.15, 0.2) is 0 Å². The predicted molar refractivity (Wildman–Crippen MR) is 113 cm³/mol. The number of halogens is 1. The molecule has 0 aliphatic carbocycles. The summed E-state index contributed by atoms with van der Waals surface area (Å²) in [6.45, 7) is 0.676. The maximum absolute atomic E-state index is 13.4. The number of hydrogen-bond acceptors (Lipinski definition) is 1. The van der Waals surface area contributed by atoms with Crippen LogP contribution in [0, 0.1) is 0 Å². The van der Waals surface area contributed by atoms with E-state index in [9.17, 15) is 4.79 Å². The summed E-state index contributed by atoms with van der Waals surface area (Å²) in [4.78, 5) is 18.9. The molecule has 0 spiro atoms. The van der Waals surface area contributed by atoms with E-state index in [-0.39, 0.29) is 11.9 Å². The molecule has 4 heteroatoms. The van der Waals surface area contributed by atoms with Crippen molar-refractivity contribution in [2.24, 2.45) is 0 Å². The van der Waals surface area contributed by atoms with E-state index in [1.54, 1.807) is 0 Å². The van der Waals surface area contributed by atoms with Crippen LogP contribution in [-0.4, -0.2) is 22.3 Å². The first-order valence-electron chi connectivity index (χ1n) is 9.43. The average Bonchev–Trinajstić information content (AvgIpc) is 3.13. The Labute approximate surface area is 168 Å². The first-order chi connectivity index (χ1) is 13.7. The maximum atomic E-state index is 13.4. The molecule has 0 saturated carbocycles. The summed E-state index contributed by atoms with van der Waals surface area (Å²) in [5, 5.41) is 1.93. The van der Waals surface area contributed by atoms with Crippen LogP contribution < -0.4 is 0 Å². The van der Waals surface area contributed by atoms with E-state index in [1.807, 2.05) is 65.6 Å². The van der Waals surface area contributed by atoms with E-state index in [2.05, 4.69) is 23.2 Å². The largest absolute Gasteiger partial charge is 0.356 e. The van der Waals surface area contributed by atoms with Gasteiger partial charge in [-0.3, -0.25) is 4.79 Å². The van der Waals surface area contributed by atoms with Crippen molar-refractivity contribution in [1.82, 2.24) is 9.88 Å². The molecule has 0 saturated heterocycles. The molecule has 0 bridgehead atoms. The zero-order valence-corrected chi connectivity index (χ0v) is 16.0. The van der Waals surface area contributed by atoms with Crippen LogP contribution in [0.4, 0.5) is 0 Å². The highest BCUT2D eigenvalue weighted by atomic mass is 35.5. The molecule has 1 unspecified atom stereocenters. The number of benzene rings is 3. The number of carbonyl (C=O) groups excluding carboxylic acids is 1. The summed E-state index contributed by atoms with van der Waals surface area (Å²) in [6.07, 6.45) is 0.835. The molecule has 28 heavy (non-hydrogen) atoms. The molecule has 138 valence electrons. The minimum atomic E-state index is -0.166. The summed E-state index contributed by atoms with van der Waals surface area (Å²) >= 11 is 6.12. The Hall–Kier alpha value is -3.04. The number of carbonyl (C=O) groups is 1. The molecule has 3 nitrogen and oxygen atoms in total. The smallest absolute Gasteiger partial charge is 0.254 e. The summed E-state index contributed by atoms with van der Waals surface area (Å²) < 4.78 is 0. The number of aromatic amines is 1. The van der Waals surface area contributed by atoms with E-state index in [0.29, 0.717) is 17.1 Å². The van der Waals surface area contributed by atoms with Crippen molar-refractivity contribution in [3.63, 3.8) is 0 Å². The summed E-state index contributed by atoms with van der Waals surface area (Å²) in [7, 11) is 0. The predicted octanol–water partition coefficient (Wildman–Crippen LogP) is 5.61. The molecule has 5 rings (SSSR count). The van der Waals surface area contributed by atoms with Crippen molar-refractivity contribution < 1.29 is 4.79 Å². The van der Waals surface area contributed by atoms with Gasteiger partial charge in [0.25, 0.3) is 5.91 Å². The molecule has 1 aliphatic heterocycles. The minimum Gasteiger partial charge on any atom is -0.356 e. The second-order valence-corrected chi connectivity index (χ2v) is 7.57. The number of aromatic nitrogens is 1. The van der Waals surface area contributed by atoms with Crippen molar-refractivity contribution in [2.45, 2.75) is 12.5 Å². The number of hydrogen-bond donors (Lipinski definition) is 1. The van der Waals surface area contributed by atoms with E-state index in [4.69, 9.17) is 11.6 Å². The first kappa shape index (κ1) is 17.1. The fraction of sp³-hybridized carbons (Fsp3) is 0.125. The number of fused-ring (bicyclic) bond motifs is 3. The van der Waals surface area contributed by atoms with Gasteiger partial charge in [0.05, 0.1) is 6.04 Å². The van der Waals surface area contributed by atoms with Gasteiger partial charge in [-0.2, -0.15) is 0 Å². The lowest BCUT2D eigenvalue weighted by molar-refractivity contribution is 0.0692. The van der Waals surface area contributed by atoms with Gasteiger partial charge in [-0.1, -0.05) is 60.1 Å². The molecule has 1 atom stereocenters. The van der Waals surface area contributed by atoms with E-state index >= 15 is 0 Å². The van der Waals surface area contributed by atoms with Crippen LogP contribution in [-0.2, 0) is 6.42 Å². The highest BCUT2D eigenvalue weighted by molar-refractivity contribution is 6.30. The van der Waals surface area contributed by atoms with Crippen molar-refractivity contribution in [1.29, 1.82) is 0 Å². The van der Waals surface area contributed by atoms with Gasteiger partial charge in [-0.25, -0.2) is 0 Å². The Bertz CT molecular complexity index is 1150. The van der Waals surface area contributed by atoms with Crippen LogP contribution in [0.5, 0.6) is 0 Å². The van der Waals surface area contributed by atoms with Crippen LogP contribution in [0.25, 0.3) is 10.9 Å². The quantitative estimate of drug-likeness (QED) is 0.477. The van der Waals surface area contributed by atoms with Gasteiger partial charge in [0.2, 0.25) is 0 Å². The molecule has 2 heterocycles. The monoisotopic (exact) mass is 386 g/mol. The number of rotatable bonds is 2. The van der Waals surface area contributed by atoms with Crippen molar-refractivity contribution in [2.75, 3.05) is 6.54 Å². The summed E-state index contributed by atoms with van der Waals surface area (Å²) in [5.74, 6) is 0.0462. The number of amides is 1. The van der Waals surface area contributed by atoms with Crippen molar-refractivity contribution in [3.05, 3.63) is 106 Å². The van der Waals surface area contributed by atoms with E-state index < -0.39 is 0 Å². The highest BCUT2D eigenvalue weighted by Gasteiger charge is 2.34. The number of nitrogens with one attached hydrogen (secondary N) is 1. The third-order valence-electron chi connectivity index (χ3n) is 5.50. The van der Waals surface area contributed by atoms with Crippen LogP contribution in [0.3, 0.4) is 0 Å². The van der Waals surface area contributed by atoms with Crippen molar-refractivity contribution in [3.8, 4) is 0 Å². The van der Waals surface area contributed by atoms with Gasteiger partial charge in [0.1, 0.15) is 0 Å². The Morgan fingerprint density at radius 3 is 2.43 bits per heavy atom. The normalized spacial score (nSPS) is 16.2. The standard InChI is InChI=1S/C24H19ClN2O/c25-18-12-10-16(11-13-18)23-22-20(19-8-4-5-9-21(19)26-22)14-15-27(23)24(28)17-6-2-1-3-7-17/h1-13,23,26H,14-15H2. The number of nitrogens with zero attached hydrogens (tertiary/aromatic N) is 1. The molecule has 1 aliphatic rings. The maximum Gasteiger partial charge on any atom is 0.254 e. The van der Waals surface area contributed by atoms with Gasteiger partial charge in [0, 0.05) is 33.7 Å². The Morgan fingerprint density at radius 1 is 0.929 bits per heavy atom. The van der Waals surface area contributed by atoms with E-state index in [0.717, 1.165) is 23.2 Å². The molecular formula is C24H19ClN2O. The van der Waals surface area contributed by atoms with Crippen LogP contribution in [0.1, 0.15) is 33.2 Å². The third-order valence-corrected chi connectivity index (χ3v) is 5.75. The third kappa shape index (κ3) is 2.79. The number of H-pyrrole nitrogens is 1. The molecule has 4 aromatic rings. The minimum absolute atomic E-state index is 0.0462. The molecular weight excluding hydrogens is 368 g/mol. The second kappa shape index (κ2) is 6.84. The molecule has 1 amide bonds. The van der Waals surface area contributed by atoms with Gasteiger partial charge >= 0.3 is 0 Å².